The molecule has 4 aromatic rings. The average Bonchev–Trinajstić information content (AvgIpc) is 3.36. The first-order chi connectivity index (χ1) is 18.7. The second-order valence-electron chi connectivity index (χ2n) is 9.29. The van der Waals surface area contributed by atoms with Crippen molar-refractivity contribution in [3.63, 3.8) is 0 Å². The lowest BCUT2D eigenvalue weighted by Gasteiger charge is -2.21. The highest BCUT2D eigenvalue weighted by Gasteiger charge is 2.32. The summed E-state index contributed by atoms with van der Waals surface area (Å²) in [7, 11) is 0. The van der Waals surface area contributed by atoms with E-state index in [-0.39, 0.29) is 11.7 Å². The van der Waals surface area contributed by atoms with Gasteiger partial charge in [-0.05, 0) is 61.9 Å². The molecule has 200 valence electrons. The van der Waals surface area contributed by atoms with Gasteiger partial charge in [0.2, 0.25) is 5.95 Å². The lowest BCUT2D eigenvalue weighted by atomic mass is 10.1. The van der Waals surface area contributed by atoms with Gasteiger partial charge in [-0.1, -0.05) is 12.1 Å². The fraction of sp³-hybridized carbons (Fsp3) is 0.214. The van der Waals surface area contributed by atoms with Crippen LogP contribution >= 0.6 is 0 Å². The molecule has 0 spiro atoms. The fourth-order valence-corrected chi connectivity index (χ4v) is 4.17. The van der Waals surface area contributed by atoms with Gasteiger partial charge in [0.05, 0.1) is 23.6 Å². The Kier molecular flexibility index (Phi) is 7.16. The molecule has 2 unspecified atom stereocenters. The van der Waals surface area contributed by atoms with E-state index in [1.54, 1.807) is 53.8 Å². The monoisotopic (exact) mass is 533 g/mol. The quantitative estimate of drug-likeness (QED) is 0.253. The number of benzene rings is 2. The van der Waals surface area contributed by atoms with Gasteiger partial charge in [-0.2, -0.15) is 13.2 Å². The van der Waals surface area contributed by atoms with Crippen LogP contribution in [0.4, 0.5) is 36.2 Å². The zero-order valence-corrected chi connectivity index (χ0v) is 21.2. The van der Waals surface area contributed by atoms with E-state index in [0.717, 1.165) is 23.3 Å². The molecule has 0 saturated carbocycles. The van der Waals surface area contributed by atoms with Gasteiger partial charge in [0, 0.05) is 53.3 Å². The summed E-state index contributed by atoms with van der Waals surface area (Å²) in [6, 6.07) is 14.3. The molecule has 0 fully saturated rings. The van der Waals surface area contributed by atoms with Gasteiger partial charge in [-0.3, -0.25) is 9.98 Å². The molecule has 11 heteroatoms. The highest BCUT2D eigenvalue weighted by atomic mass is 19.4. The molecule has 8 nitrogen and oxygen atoms in total. The summed E-state index contributed by atoms with van der Waals surface area (Å²) >= 11 is 0. The second-order valence-corrected chi connectivity index (χ2v) is 9.29. The Bertz CT molecular complexity index is 1490. The predicted octanol–water partition coefficient (Wildman–Crippen LogP) is 5.95. The van der Waals surface area contributed by atoms with Gasteiger partial charge in [0.15, 0.2) is 6.23 Å². The predicted molar refractivity (Wildman–Crippen MR) is 145 cm³/mol. The summed E-state index contributed by atoms with van der Waals surface area (Å²) in [4.78, 5) is 18.8. The average molecular weight is 534 g/mol. The third-order valence-corrected chi connectivity index (χ3v) is 6.24. The molecule has 1 aliphatic rings. The molecular formula is C28H26F3N7O. The van der Waals surface area contributed by atoms with Gasteiger partial charge >= 0.3 is 6.18 Å². The summed E-state index contributed by atoms with van der Waals surface area (Å²) in [6.07, 6.45) is 0.714. The Labute approximate surface area is 223 Å². The maximum atomic E-state index is 13.6. The van der Waals surface area contributed by atoms with E-state index in [9.17, 15) is 18.3 Å². The maximum absolute atomic E-state index is 13.6. The molecule has 2 aromatic heterocycles. The molecule has 3 N–H and O–H groups in total. The highest BCUT2D eigenvalue weighted by molar-refractivity contribution is 5.83. The van der Waals surface area contributed by atoms with Crippen molar-refractivity contribution < 1.29 is 18.3 Å². The molecule has 0 bridgehead atoms. The lowest BCUT2D eigenvalue weighted by Crippen LogP contribution is -2.22. The fourth-order valence-electron chi connectivity index (χ4n) is 4.17. The first-order valence-electron chi connectivity index (χ1n) is 12.2. The number of rotatable bonds is 7. The zero-order chi connectivity index (χ0) is 27.6. The first kappa shape index (κ1) is 26.1. The van der Waals surface area contributed by atoms with Crippen LogP contribution in [0.1, 0.15) is 29.8 Å². The summed E-state index contributed by atoms with van der Waals surface area (Å²) < 4.78 is 40.9. The van der Waals surface area contributed by atoms with Crippen molar-refractivity contribution in [3.8, 4) is 11.3 Å². The Balaban J connectivity index is 1.38. The normalized spacial score (nSPS) is 15.8. The van der Waals surface area contributed by atoms with Gasteiger partial charge < -0.3 is 20.6 Å². The van der Waals surface area contributed by atoms with Crippen LogP contribution in [0.2, 0.25) is 0 Å². The standard InChI is InChI=1S/C28H26F3N7O/c1-17-5-6-19(10-25(17)37-27-33-9-7-24(36-27)20-4-3-8-32-14-20)26(39)35-22-11-21(28(29,30)31)12-23(13-22)38-15-18(2)34-16-38/h3-14,16,18,26,35,39H,15H2,1-2H3,(H,33,36,37). The van der Waals surface area contributed by atoms with Crippen molar-refractivity contribution in [2.75, 3.05) is 22.1 Å². The van der Waals surface area contributed by atoms with Gasteiger partial charge in [0.25, 0.3) is 0 Å². The van der Waals surface area contributed by atoms with E-state index < -0.39 is 18.0 Å². The number of pyridine rings is 1. The molecule has 0 amide bonds. The van der Waals surface area contributed by atoms with Gasteiger partial charge in [-0.15, -0.1) is 0 Å². The van der Waals surface area contributed by atoms with E-state index in [2.05, 4.69) is 30.6 Å². The molecule has 1 aliphatic heterocycles. The smallest absolute Gasteiger partial charge is 0.369 e. The number of aliphatic hydroxyl groups is 1. The zero-order valence-electron chi connectivity index (χ0n) is 21.2. The van der Waals surface area contributed by atoms with Gasteiger partial charge in [-0.25, -0.2) is 9.97 Å². The van der Waals surface area contributed by atoms with E-state index in [4.69, 9.17) is 0 Å². The molecule has 2 aromatic carbocycles. The Morgan fingerprint density at radius 1 is 1.08 bits per heavy atom. The number of anilines is 4. The summed E-state index contributed by atoms with van der Waals surface area (Å²) in [5, 5.41) is 16.9. The van der Waals surface area contributed by atoms with Crippen LogP contribution in [-0.2, 0) is 6.18 Å². The highest BCUT2D eigenvalue weighted by Crippen LogP contribution is 2.36. The van der Waals surface area contributed by atoms with E-state index in [1.807, 2.05) is 26.0 Å². The second kappa shape index (κ2) is 10.7. The van der Waals surface area contributed by atoms with E-state index in [0.29, 0.717) is 35.1 Å². The van der Waals surface area contributed by atoms with Crippen molar-refractivity contribution in [1.82, 2.24) is 15.0 Å². The van der Waals surface area contributed by atoms with Crippen LogP contribution in [0.15, 0.2) is 78.2 Å². The van der Waals surface area contributed by atoms with E-state index in [1.165, 1.54) is 6.34 Å². The molecule has 2 atom stereocenters. The van der Waals surface area contributed by atoms with Crippen LogP contribution in [0.3, 0.4) is 0 Å². The minimum Gasteiger partial charge on any atom is -0.369 e. The van der Waals surface area contributed by atoms with E-state index >= 15 is 0 Å². The number of hydrogen-bond acceptors (Lipinski definition) is 8. The van der Waals surface area contributed by atoms with Crippen molar-refractivity contribution in [3.05, 3.63) is 89.9 Å². The number of aliphatic imine (C=N–C) groups is 1. The number of nitrogens with zero attached hydrogens (tertiary/aromatic N) is 5. The largest absolute Gasteiger partial charge is 0.416 e. The van der Waals surface area contributed by atoms with Crippen LogP contribution in [-0.4, -0.2) is 39.0 Å². The number of aliphatic hydroxyl groups excluding tert-OH is 1. The van der Waals surface area contributed by atoms with Crippen LogP contribution in [0, 0.1) is 6.92 Å². The number of aromatic nitrogens is 3. The van der Waals surface area contributed by atoms with Crippen LogP contribution in [0.5, 0.6) is 0 Å². The lowest BCUT2D eigenvalue weighted by molar-refractivity contribution is -0.137. The Hall–Kier alpha value is -4.51. The number of nitrogens with one attached hydrogen (secondary N) is 2. The number of aryl methyl sites for hydroxylation is 1. The van der Waals surface area contributed by atoms with Crippen molar-refractivity contribution in [2.24, 2.45) is 4.99 Å². The van der Waals surface area contributed by atoms with Crippen molar-refractivity contribution in [1.29, 1.82) is 0 Å². The Morgan fingerprint density at radius 2 is 1.92 bits per heavy atom. The third-order valence-electron chi connectivity index (χ3n) is 6.24. The number of halogens is 3. The van der Waals surface area contributed by atoms with Crippen LogP contribution < -0.4 is 15.5 Å². The number of alkyl halides is 3. The summed E-state index contributed by atoms with van der Waals surface area (Å²) in [5.41, 5.74) is 3.12. The molecule has 39 heavy (non-hydrogen) atoms. The molecule has 0 aliphatic carbocycles. The number of hydrogen-bond donors (Lipinski definition) is 3. The minimum absolute atomic E-state index is 0.0194. The molecular weight excluding hydrogens is 507 g/mol. The van der Waals surface area contributed by atoms with Crippen molar-refractivity contribution in [2.45, 2.75) is 32.3 Å². The van der Waals surface area contributed by atoms with Crippen LogP contribution in [0.25, 0.3) is 11.3 Å². The molecule has 3 heterocycles. The molecule has 5 rings (SSSR count). The first-order valence-corrected chi connectivity index (χ1v) is 12.2. The molecule has 0 radical (unpaired) electrons. The minimum atomic E-state index is -4.55. The SMILES string of the molecule is Cc1ccc(C(O)Nc2cc(N3C=NC(C)C3)cc(C(F)(F)F)c2)cc1Nc1nccc(-c2cccnc2)n1. The Morgan fingerprint density at radius 3 is 2.64 bits per heavy atom. The van der Waals surface area contributed by atoms with Crippen molar-refractivity contribution >= 4 is 29.3 Å². The van der Waals surface area contributed by atoms with Gasteiger partial charge in [0.1, 0.15) is 0 Å². The third kappa shape index (κ3) is 6.15. The topological polar surface area (TPSA) is 98.6 Å². The summed E-state index contributed by atoms with van der Waals surface area (Å²) in [5.74, 6) is 0.350. The summed E-state index contributed by atoms with van der Waals surface area (Å²) in [6.45, 7) is 4.24. The molecule has 0 saturated heterocycles. The maximum Gasteiger partial charge on any atom is 0.416 e.